The molecule has 3 rings (SSSR count). The molecule has 0 aliphatic heterocycles. The predicted molar refractivity (Wildman–Crippen MR) is 107 cm³/mol. The maximum atomic E-state index is 10.6. The van der Waals surface area contributed by atoms with Gasteiger partial charge in [-0.05, 0) is 44.2 Å². The van der Waals surface area contributed by atoms with Crippen molar-refractivity contribution in [1.82, 2.24) is 9.55 Å². The molecule has 2 heterocycles. The van der Waals surface area contributed by atoms with E-state index < -0.39 is 4.92 Å². The van der Waals surface area contributed by atoms with Gasteiger partial charge in [0, 0.05) is 28.7 Å². The molecule has 138 valence electrons. The topological polar surface area (TPSA) is 85.3 Å². The summed E-state index contributed by atoms with van der Waals surface area (Å²) in [6.45, 7) is 3.96. The van der Waals surface area contributed by atoms with Crippen molar-refractivity contribution in [2.75, 3.05) is 5.43 Å². The molecule has 0 unspecified atom stereocenters. The summed E-state index contributed by atoms with van der Waals surface area (Å²) in [6.07, 6.45) is 2.84. The minimum atomic E-state index is -0.502. The molecule has 0 bridgehead atoms. The first kappa shape index (κ1) is 18.9. The fourth-order valence-electron chi connectivity index (χ4n) is 2.67. The first-order chi connectivity index (χ1) is 12.9. The Kier molecular flexibility index (Phi) is 5.43. The van der Waals surface area contributed by atoms with Crippen LogP contribution in [0.4, 0.5) is 11.5 Å². The number of nitro groups is 1. The Bertz CT molecular complexity index is 1030. The van der Waals surface area contributed by atoms with E-state index in [9.17, 15) is 10.1 Å². The third-order valence-corrected chi connectivity index (χ3v) is 4.71. The number of pyridine rings is 1. The summed E-state index contributed by atoms with van der Waals surface area (Å²) in [5.74, 6) is 0.412. The highest BCUT2D eigenvalue weighted by atomic mass is 35.5. The van der Waals surface area contributed by atoms with Gasteiger partial charge in [0.25, 0.3) is 5.69 Å². The summed E-state index contributed by atoms with van der Waals surface area (Å²) in [4.78, 5) is 14.1. The van der Waals surface area contributed by atoms with E-state index in [-0.39, 0.29) is 5.69 Å². The van der Waals surface area contributed by atoms with Crippen LogP contribution in [0.3, 0.4) is 0 Å². The van der Waals surface area contributed by atoms with E-state index >= 15 is 0 Å². The lowest BCUT2D eigenvalue weighted by atomic mass is 10.2. The van der Waals surface area contributed by atoms with Gasteiger partial charge in [-0.3, -0.25) is 15.5 Å². The van der Waals surface area contributed by atoms with Crippen LogP contribution in [0.5, 0.6) is 0 Å². The number of hydrazone groups is 1. The first-order valence-corrected chi connectivity index (χ1v) is 8.66. The molecule has 27 heavy (non-hydrogen) atoms. The molecule has 0 saturated carbocycles. The Morgan fingerprint density at radius 3 is 2.59 bits per heavy atom. The summed E-state index contributed by atoms with van der Waals surface area (Å²) in [6, 6.07) is 10.3. The molecule has 0 atom stereocenters. The Morgan fingerprint density at radius 2 is 1.96 bits per heavy atom. The smallest absolute Gasteiger partial charge is 0.287 e. The minimum Gasteiger partial charge on any atom is -0.318 e. The van der Waals surface area contributed by atoms with Crippen molar-refractivity contribution in [2.45, 2.75) is 13.8 Å². The number of halogens is 2. The predicted octanol–water partition coefficient (Wildman–Crippen LogP) is 5.15. The molecular formula is C18H15Cl2N5O2. The Labute approximate surface area is 165 Å². The van der Waals surface area contributed by atoms with E-state index in [1.165, 1.54) is 18.3 Å². The largest absolute Gasteiger partial charge is 0.318 e. The molecule has 0 amide bonds. The Hall–Kier alpha value is -2.90. The van der Waals surface area contributed by atoms with E-state index in [4.69, 9.17) is 23.2 Å². The van der Waals surface area contributed by atoms with Crippen molar-refractivity contribution in [3.05, 3.63) is 79.7 Å². The highest BCUT2D eigenvalue weighted by Crippen LogP contribution is 2.27. The van der Waals surface area contributed by atoms with E-state index in [0.29, 0.717) is 15.9 Å². The highest BCUT2D eigenvalue weighted by molar-refractivity contribution is 6.42. The first-order valence-electron chi connectivity index (χ1n) is 7.90. The Balaban J connectivity index is 1.80. The van der Waals surface area contributed by atoms with E-state index in [0.717, 1.165) is 22.6 Å². The number of hydrogen-bond donors (Lipinski definition) is 1. The number of anilines is 1. The van der Waals surface area contributed by atoms with Crippen LogP contribution >= 0.6 is 23.2 Å². The van der Waals surface area contributed by atoms with Crippen LogP contribution in [0, 0.1) is 24.0 Å². The third kappa shape index (κ3) is 4.10. The zero-order valence-electron chi connectivity index (χ0n) is 14.5. The summed E-state index contributed by atoms with van der Waals surface area (Å²) in [7, 11) is 0. The summed E-state index contributed by atoms with van der Waals surface area (Å²) in [5.41, 5.74) is 6.50. The number of aryl methyl sites for hydroxylation is 1. The van der Waals surface area contributed by atoms with Gasteiger partial charge >= 0.3 is 0 Å². The molecule has 0 saturated heterocycles. The number of hydrogen-bond acceptors (Lipinski definition) is 5. The summed E-state index contributed by atoms with van der Waals surface area (Å²) < 4.78 is 2.05. The lowest BCUT2D eigenvalue weighted by Gasteiger charge is -2.10. The second-order valence-electron chi connectivity index (χ2n) is 5.79. The van der Waals surface area contributed by atoms with Crippen molar-refractivity contribution < 1.29 is 4.92 Å². The molecule has 3 aromatic rings. The minimum absolute atomic E-state index is 0.0744. The van der Waals surface area contributed by atoms with Crippen LogP contribution in [0.15, 0.2) is 47.7 Å². The maximum Gasteiger partial charge on any atom is 0.287 e. The summed E-state index contributed by atoms with van der Waals surface area (Å²) in [5, 5.41) is 15.8. The zero-order chi connectivity index (χ0) is 19.6. The SMILES string of the molecule is Cc1cc(C=NNc2ccc([N+](=O)[O-])cn2)c(C)n1-c1ccc(Cl)c(Cl)c1. The van der Waals surface area contributed by atoms with Crippen LogP contribution in [0.25, 0.3) is 5.69 Å². The number of benzene rings is 1. The van der Waals surface area contributed by atoms with Gasteiger partial charge in [0.15, 0.2) is 0 Å². The molecule has 0 fully saturated rings. The average Bonchev–Trinajstić information content (AvgIpc) is 2.92. The van der Waals surface area contributed by atoms with E-state index in [2.05, 4.69) is 15.5 Å². The number of aromatic nitrogens is 2. The maximum absolute atomic E-state index is 10.6. The molecular weight excluding hydrogens is 389 g/mol. The van der Waals surface area contributed by atoms with Crippen LogP contribution in [-0.2, 0) is 0 Å². The van der Waals surface area contributed by atoms with Gasteiger partial charge in [-0.2, -0.15) is 5.10 Å². The second kappa shape index (κ2) is 7.77. The average molecular weight is 404 g/mol. The van der Waals surface area contributed by atoms with Crippen LogP contribution < -0.4 is 5.43 Å². The molecule has 1 aromatic carbocycles. The molecule has 7 nitrogen and oxygen atoms in total. The number of nitrogens with one attached hydrogen (secondary N) is 1. The van der Waals surface area contributed by atoms with E-state index in [1.807, 2.05) is 36.6 Å². The quantitative estimate of drug-likeness (QED) is 0.362. The van der Waals surface area contributed by atoms with E-state index in [1.54, 1.807) is 12.3 Å². The van der Waals surface area contributed by atoms with Crippen LogP contribution in [-0.4, -0.2) is 20.7 Å². The van der Waals surface area contributed by atoms with Gasteiger partial charge in [0.05, 0.1) is 21.2 Å². The Morgan fingerprint density at radius 1 is 1.19 bits per heavy atom. The molecule has 9 heteroatoms. The second-order valence-corrected chi connectivity index (χ2v) is 6.60. The van der Waals surface area contributed by atoms with Gasteiger partial charge in [-0.15, -0.1) is 0 Å². The number of nitrogens with zero attached hydrogens (tertiary/aromatic N) is 4. The van der Waals surface area contributed by atoms with Gasteiger partial charge < -0.3 is 4.57 Å². The molecule has 1 N–H and O–H groups in total. The van der Waals surface area contributed by atoms with Gasteiger partial charge in [-0.25, -0.2) is 4.98 Å². The van der Waals surface area contributed by atoms with Crippen molar-refractivity contribution in [3.8, 4) is 5.69 Å². The normalized spacial score (nSPS) is 11.1. The van der Waals surface area contributed by atoms with Gasteiger partial charge in [0.2, 0.25) is 0 Å². The van der Waals surface area contributed by atoms with Gasteiger partial charge in [0.1, 0.15) is 12.0 Å². The monoisotopic (exact) mass is 403 g/mol. The fourth-order valence-corrected chi connectivity index (χ4v) is 2.96. The molecule has 0 aliphatic rings. The zero-order valence-corrected chi connectivity index (χ0v) is 16.0. The standard InChI is InChI=1S/C18H15Cl2N5O2/c1-11-7-13(9-22-23-18-6-4-15(10-21-18)25(26)27)12(2)24(11)14-3-5-16(19)17(20)8-14/h3-10H,1-2H3,(H,21,23). The van der Waals surface area contributed by atoms with Gasteiger partial charge in [-0.1, -0.05) is 23.2 Å². The van der Waals surface area contributed by atoms with Crippen molar-refractivity contribution in [2.24, 2.45) is 5.10 Å². The lowest BCUT2D eigenvalue weighted by molar-refractivity contribution is -0.385. The van der Waals surface area contributed by atoms with Crippen LogP contribution in [0.1, 0.15) is 17.0 Å². The summed E-state index contributed by atoms with van der Waals surface area (Å²) >= 11 is 12.1. The van der Waals surface area contributed by atoms with Crippen molar-refractivity contribution >= 4 is 40.9 Å². The fraction of sp³-hybridized carbons (Fsp3) is 0.111. The molecule has 0 radical (unpaired) electrons. The van der Waals surface area contributed by atoms with Crippen molar-refractivity contribution in [3.63, 3.8) is 0 Å². The highest BCUT2D eigenvalue weighted by Gasteiger charge is 2.11. The van der Waals surface area contributed by atoms with Crippen LogP contribution in [0.2, 0.25) is 10.0 Å². The van der Waals surface area contributed by atoms with Crippen molar-refractivity contribution in [1.29, 1.82) is 0 Å². The third-order valence-electron chi connectivity index (χ3n) is 3.97. The number of rotatable bonds is 5. The molecule has 0 spiro atoms. The molecule has 2 aromatic heterocycles. The lowest BCUT2D eigenvalue weighted by Crippen LogP contribution is -2.00. The molecule has 0 aliphatic carbocycles.